The van der Waals surface area contributed by atoms with Gasteiger partial charge in [0.25, 0.3) is 5.49 Å². The predicted molar refractivity (Wildman–Crippen MR) is 102 cm³/mol. The molecule has 2 aliphatic rings. The lowest BCUT2D eigenvalue weighted by molar-refractivity contribution is 0.302. The minimum Gasteiger partial charge on any atom is -0.490 e. The molecule has 27 heavy (non-hydrogen) atoms. The summed E-state index contributed by atoms with van der Waals surface area (Å²) >= 11 is 0. The number of H-pyrrole nitrogens is 1. The van der Waals surface area contributed by atoms with Crippen LogP contribution >= 0.6 is 0 Å². The van der Waals surface area contributed by atoms with Crippen molar-refractivity contribution in [2.24, 2.45) is 0 Å². The van der Waals surface area contributed by atoms with Gasteiger partial charge >= 0.3 is 0 Å². The average Bonchev–Trinajstić information content (AvgIpc) is 3.12. The smallest absolute Gasteiger partial charge is 0.299 e. The van der Waals surface area contributed by atoms with Crippen LogP contribution in [-0.2, 0) is 0 Å². The van der Waals surface area contributed by atoms with Gasteiger partial charge in [0.1, 0.15) is 6.07 Å². The Labute approximate surface area is 156 Å². The molecular weight excluding hydrogens is 346 g/mol. The molecule has 1 unspecified atom stereocenters. The van der Waals surface area contributed by atoms with E-state index in [-0.39, 0.29) is 6.17 Å². The van der Waals surface area contributed by atoms with Crippen molar-refractivity contribution in [2.45, 2.75) is 6.17 Å². The second-order valence-corrected chi connectivity index (χ2v) is 6.60. The first-order valence-corrected chi connectivity index (χ1v) is 8.70. The molecular formula is C16H22N11-. The molecule has 0 bridgehead atoms. The summed E-state index contributed by atoms with van der Waals surface area (Å²) in [7, 11) is 5.75. The van der Waals surface area contributed by atoms with E-state index in [0.717, 1.165) is 31.0 Å². The van der Waals surface area contributed by atoms with Crippen LogP contribution in [0.2, 0.25) is 0 Å². The lowest BCUT2D eigenvalue weighted by Crippen LogP contribution is -2.50. The zero-order chi connectivity index (χ0) is 19.0. The lowest BCUT2D eigenvalue weighted by Gasteiger charge is -2.48. The number of aromatic amines is 1. The Morgan fingerprint density at radius 2 is 2.26 bits per heavy atom. The summed E-state index contributed by atoms with van der Waals surface area (Å²) in [5.41, 5.74) is 11.9. The quantitative estimate of drug-likeness (QED) is 0.636. The topological polar surface area (TPSA) is 119 Å². The molecule has 11 heteroatoms. The van der Waals surface area contributed by atoms with Gasteiger partial charge in [-0.25, -0.2) is 5.10 Å². The standard InChI is InChI=1S/C16H22N11/c1-24(2)12-6-13-15(20-9-12)22-27(23-25(13)3)16-11(7-17)8-21-26(16)14-10-18-4-5-19-14/h6,8-9,14,18-19,21H,4-5,10H2,1-3H3/q-1. The number of pyridine rings is 1. The molecule has 0 aliphatic carbocycles. The van der Waals surface area contributed by atoms with Crippen LogP contribution in [0.3, 0.4) is 0 Å². The molecule has 1 saturated heterocycles. The molecule has 3 N–H and O–H groups in total. The number of aromatic nitrogens is 3. The fourth-order valence-corrected chi connectivity index (χ4v) is 3.10. The van der Waals surface area contributed by atoms with Crippen molar-refractivity contribution in [3.8, 4) is 6.07 Å². The number of nitriles is 1. The highest BCUT2D eigenvalue weighted by molar-refractivity contribution is 5.75. The minimum atomic E-state index is -0.0305. The van der Waals surface area contributed by atoms with E-state index in [1.165, 1.54) is 4.79 Å². The number of nitrogens with zero attached hydrogens (tertiary/aromatic N) is 8. The number of anilines is 2. The van der Waals surface area contributed by atoms with Crippen molar-refractivity contribution < 1.29 is 0 Å². The Hall–Kier alpha value is -3.23. The fraction of sp³-hybridized carbons (Fsp3) is 0.438. The number of hydrogen-bond acceptors (Lipinski definition) is 6. The van der Waals surface area contributed by atoms with Gasteiger partial charge < -0.3 is 31.0 Å². The Balaban J connectivity index is 1.80. The summed E-state index contributed by atoms with van der Waals surface area (Å²) in [6.07, 6.45) is 3.40. The maximum atomic E-state index is 9.56. The van der Waals surface area contributed by atoms with E-state index in [9.17, 15) is 5.26 Å². The maximum Gasteiger partial charge on any atom is 0.299 e. The van der Waals surface area contributed by atoms with E-state index >= 15 is 0 Å². The molecule has 1 fully saturated rings. The van der Waals surface area contributed by atoms with Crippen LogP contribution in [0.25, 0.3) is 11.0 Å². The van der Waals surface area contributed by atoms with Gasteiger partial charge in [-0.3, -0.25) is 10.3 Å². The summed E-state index contributed by atoms with van der Waals surface area (Å²) < 4.78 is 1.87. The summed E-state index contributed by atoms with van der Waals surface area (Å²) in [6.45, 7) is 2.47. The number of piperazine rings is 1. The van der Waals surface area contributed by atoms with Gasteiger partial charge in [-0.1, -0.05) is 0 Å². The average molecular weight is 368 g/mol. The monoisotopic (exact) mass is 368 g/mol. The van der Waals surface area contributed by atoms with Gasteiger partial charge in [0.2, 0.25) is 0 Å². The summed E-state index contributed by atoms with van der Waals surface area (Å²) in [5.74, 6) is 0.546. The van der Waals surface area contributed by atoms with Gasteiger partial charge in [0, 0.05) is 44.9 Å². The number of rotatable bonds is 2. The van der Waals surface area contributed by atoms with Crippen molar-refractivity contribution in [1.82, 2.24) is 30.2 Å². The molecule has 4 heterocycles. The van der Waals surface area contributed by atoms with E-state index in [2.05, 4.69) is 37.7 Å². The molecule has 1 atom stereocenters. The molecule has 0 amide bonds. The SMILES string of the molecule is CN(C)c1cnc2c(c1)N(C)[N-][N+](=c1c(C#N)c[nH]n1C1CNCCN1)[N-]2. The molecule has 0 spiro atoms. The van der Waals surface area contributed by atoms with E-state index in [0.29, 0.717) is 16.9 Å². The Morgan fingerprint density at radius 1 is 1.41 bits per heavy atom. The third-order valence-electron chi connectivity index (χ3n) is 4.56. The highest BCUT2D eigenvalue weighted by Gasteiger charge is 2.23. The molecule has 2 aromatic rings. The van der Waals surface area contributed by atoms with Gasteiger partial charge in [-0.15, -0.1) is 4.68 Å². The Kier molecular flexibility index (Phi) is 4.35. The third kappa shape index (κ3) is 3.05. The fourth-order valence-electron chi connectivity index (χ4n) is 3.10. The van der Waals surface area contributed by atoms with Crippen molar-refractivity contribution in [2.75, 3.05) is 50.7 Å². The zero-order valence-corrected chi connectivity index (χ0v) is 15.5. The highest BCUT2D eigenvalue weighted by Crippen LogP contribution is 2.37. The summed E-state index contributed by atoms with van der Waals surface area (Å²) in [4.78, 5) is 7.90. The van der Waals surface area contributed by atoms with Crippen molar-refractivity contribution in [1.29, 1.82) is 5.26 Å². The van der Waals surface area contributed by atoms with Crippen LogP contribution in [0, 0.1) is 11.3 Å². The zero-order valence-electron chi connectivity index (χ0n) is 15.5. The second-order valence-electron chi connectivity index (χ2n) is 6.60. The highest BCUT2D eigenvalue weighted by atomic mass is 15.8. The largest absolute Gasteiger partial charge is 0.490 e. The number of fused-ring (bicyclic) bond motifs is 1. The summed E-state index contributed by atoms with van der Waals surface area (Å²) in [6, 6.07) is 4.19. The van der Waals surface area contributed by atoms with E-state index in [4.69, 9.17) is 0 Å². The first-order valence-electron chi connectivity index (χ1n) is 8.70. The first-order chi connectivity index (χ1) is 13.1. The van der Waals surface area contributed by atoms with E-state index < -0.39 is 0 Å². The van der Waals surface area contributed by atoms with Crippen LogP contribution in [-0.4, -0.2) is 55.5 Å². The van der Waals surface area contributed by atoms with Crippen LogP contribution < -0.4 is 30.8 Å². The van der Waals surface area contributed by atoms with Crippen molar-refractivity contribution in [3.63, 3.8) is 0 Å². The van der Waals surface area contributed by atoms with Gasteiger partial charge in [0.05, 0.1) is 18.4 Å². The van der Waals surface area contributed by atoms with Crippen LogP contribution in [0.4, 0.5) is 17.2 Å². The molecule has 0 radical (unpaired) electrons. The first kappa shape index (κ1) is 17.2. The molecule has 2 aromatic heterocycles. The minimum absolute atomic E-state index is 0.0305. The molecule has 11 nitrogen and oxygen atoms in total. The predicted octanol–water partition coefficient (Wildman–Crippen LogP) is -0.114. The lowest BCUT2D eigenvalue weighted by atomic mass is 10.3. The van der Waals surface area contributed by atoms with Crippen LogP contribution in [0.1, 0.15) is 11.7 Å². The third-order valence-corrected chi connectivity index (χ3v) is 4.56. The molecule has 0 saturated carbocycles. The van der Waals surface area contributed by atoms with Gasteiger partial charge in [0.15, 0.2) is 11.7 Å². The molecule has 142 valence electrons. The normalized spacial score (nSPS) is 21.0. The summed E-state index contributed by atoms with van der Waals surface area (Å²) in [5, 5.41) is 21.2. The van der Waals surface area contributed by atoms with E-state index in [1.807, 2.05) is 36.8 Å². The second kappa shape index (κ2) is 6.82. The number of nitrogens with one attached hydrogen (secondary N) is 3. The van der Waals surface area contributed by atoms with Crippen molar-refractivity contribution >= 4 is 17.2 Å². The Bertz CT molecular complexity index is 942. The van der Waals surface area contributed by atoms with Gasteiger partial charge in [-0.05, 0) is 13.1 Å². The molecule has 4 rings (SSSR count). The Morgan fingerprint density at radius 3 is 2.96 bits per heavy atom. The van der Waals surface area contributed by atoms with Crippen LogP contribution in [0.15, 0.2) is 18.5 Å². The molecule has 2 aliphatic heterocycles. The number of hydrogen-bond donors (Lipinski definition) is 3. The maximum absolute atomic E-state index is 9.56. The van der Waals surface area contributed by atoms with E-state index in [1.54, 1.807) is 17.4 Å². The van der Waals surface area contributed by atoms with Crippen LogP contribution in [0.5, 0.6) is 0 Å². The van der Waals surface area contributed by atoms with Crippen molar-refractivity contribution in [3.05, 3.63) is 40.5 Å². The van der Waals surface area contributed by atoms with Gasteiger partial charge in [-0.2, -0.15) is 5.26 Å². The molecule has 0 aromatic carbocycles.